The van der Waals surface area contributed by atoms with Crippen LogP contribution >= 0.6 is 7.92 Å². The zero-order valence-corrected chi connectivity index (χ0v) is 19.7. The molecule has 4 aromatic rings. The van der Waals surface area contributed by atoms with Gasteiger partial charge in [-0.05, 0) is 41.0 Å². The number of nitrogens with zero attached hydrogens (tertiary/aromatic N) is 1. The third-order valence-corrected chi connectivity index (χ3v) is 9.37. The van der Waals surface area contributed by atoms with Crippen molar-refractivity contribution in [1.82, 2.24) is 0 Å². The molecule has 33 heavy (non-hydrogen) atoms. The molecule has 0 aromatic heterocycles. The van der Waals surface area contributed by atoms with Crippen molar-refractivity contribution in [2.24, 2.45) is 4.99 Å². The quantitative estimate of drug-likeness (QED) is 0.372. The van der Waals surface area contributed by atoms with Gasteiger partial charge in [-0.25, -0.2) is 4.99 Å². The van der Waals surface area contributed by atoms with Gasteiger partial charge in [0.2, 0.25) is 5.90 Å². The minimum atomic E-state index is -0.735. The van der Waals surface area contributed by atoms with Crippen LogP contribution in [0.3, 0.4) is 0 Å². The predicted octanol–water partition coefficient (Wildman–Crippen LogP) is 5.62. The van der Waals surface area contributed by atoms with Gasteiger partial charge in [-0.1, -0.05) is 117 Å². The van der Waals surface area contributed by atoms with Crippen LogP contribution < -0.4 is 15.9 Å². The second kappa shape index (κ2) is 7.97. The van der Waals surface area contributed by atoms with Crippen LogP contribution in [0.2, 0.25) is 0 Å². The minimum absolute atomic E-state index is 0.0256. The molecule has 0 amide bonds. The summed E-state index contributed by atoms with van der Waals surface area (Å²) < 4.78 is 6.69. The number of benzene rings is 4. The smallest absolute Gasteiger partial charge is 0.217 e. The van der Waals surface area contributed by atoms with Crippen LogP contribution in [0.25, 0.3) is 0 Å². The first kappa shape index (κ1) is 20.4. The van der Waals surface area contributed by atoms with E-state index < -0.39 is 7.92 Å². The molecule has 4 aromatic carbocycles. The fraction of sp³-hybridized carbons (Fsp3) is 0.167. The van der Waals surface area contributed by atoms with Gasteiger partial charge >= 0.3 is 0 Å². The molecule has 0 radical (unpaired) electrons. The summed E-state index contributed by atoms with van der Waals surface area (Å²) in [5.41, 5.74) is 3.68. The van der Waals surface area contributed by atoms with Crippen LogP contribution in [0.5, 0.6) is 0 Å². The van der Waals surface area contributed by atoms with Crippen LogP contribution in [0, 0.1) is 0 Å². The Kier molecular flexibility index (Phi) is 4.93. The summed E-state index contributed by atoms with van der Waals surface area (Å²) in [6, 6.07) is 39.0. The molecular weight excluding hydrogens is 421 g/mol. The summed E-state index contributed by atoms with van der Waals surface area (Å²) >= 11 is 0. The summed E-state index contributed by atoms with van der Waals surface area (Å²) in [6.45, 7) is 4.56. The van der Waals surface area contributed by atoms with Crippen LogP contribution in [0.1, 0.15) is 36.6 Å². The van der Waals surface area contributed by atoms with Crippen molar-refractivity contribution in [1.29, 1.82) is 0 Å². The van der Waals surface area contributed by atoms with Crippen molar-refractivity contribution in [3.63, 3.8) is 0 Å². The molecule has 0 fully saturated rings. The normalized spacial score (nSPS) is 20.2. The van der Waals surface area contributed by atoms with Crippen LogP contribution in [0.15, 0.2) is 114 Å². The fourth-order valence-electron chi connectivity index (χ4n) is 5.24. The average Bonchev–Trinajstić information content (AvgIpc) is 3.40. The van der Waals surface area contributed by atoms with Crippen molar-refractivity contribution in [2.45, 2.75) is 31.4 Å². The van der Waals surface area contributed by atoms with E-state index in [1.54, 1.807) is 0 Å². The molecule has 0 unspecified atom stereocenters. The summed E-state index contributed by atoms with van der Waals surface area (Å²) in [5.74, 6) is 0.780. The highest BCUT2D eigenvalue weighted by molar-refractivity contribution is 7.80. The zero-order valence-electron chi connectivity index (χ0n) is 18.8. The Hall–Kier alpha value is -3.22. The molecule has 2 nitrogen and oxygen atoms in total. The summed E-state index contributed by atoms with van der Waals surface area (Å²) in [7, 11) is -0.735. The largest absolute Gasteiger partial charge is 0.471 e. The number of hydrogen-bond acceptors (Lipinski definition) is 2. The Morgan fingerprint density at radius 2 is 1.27 bits per heavy atom. The Bertz CT molecular complexity index is 1290. The Morgan fingerprint density at radius 1 is 0.697 bits per heavy atom. The molecule has 0 saturated carbocycles. The van der Waals surface area contributed by atoms with Crippen molar-refractivity contribution in [2.75, 3.05) is 0 Å². The molecule has 1 aliphatic carbocycles. The maximum absolute atomic E-state index is 6.69. The highest BCUT2D eigenvalue weighted by atomic mass is 31.1. The van der Waals surface area contributed by atoms with E-state index in [4.69, 9.17) is 9.73 Å². The van der Waals surface area contributed by atoms with Crippen LogP contribution in [0.4, 0.5) is 0 Å². The SMILES string of the molecule is CC1(C)c2ccccc2[C@@H]2N=C(c3ccccc3P(c3ccccc3)c3ccccc3)O[C@@H]21. The maximum Gasteiger partial charge on any atom is 0.217 e. The lowest BCUT2D eigenvalue weighted by Gasteiger charge is -2.27. The Balaban J connectivity index is 1.48. The van der Waals surface area contributed by atoms with Gasteiger partial charge in [-0.2, -0.15) is 0 Å². The average molecular weight is 448 g/mol. The van der Waals surface area contributed by atoms with Gasteiger partial charge in [0, 0.05) is 11.0 Å². The summed E-state index contributed by atoms with van der Waals surface area (Å²) in [4.78, 5) is 5.19. The van der Waals surface area contributed by atoms with Gasteiger partial charge in [0.25, 0.3) is 0 Å². The lowest BCUT2D eigenvalue weighted by atomic mass is 9.84. The van der Waals surface area contributed by atoms with Crippen molar-refractivity contribution in [3.8, 4) is 0 Å². The molecule has 1 heterocycles. The Labute approximate surface area is 196 Å². The minimum Gasteiger partial charge on any atom is -0.471 e. The van der Waals surface area contributed by atoms with Gasteiger partial charge < -0.3 is 4.74 Å². The number of hydrogen-bond donors (Lipinski definition) is 0. The van der Waals surface area contributed by atoms with E-state index >= 15 is 0 Å². The van der Waals surface area contributed by atoms with Crippen LogP contribution in [-0.4, -0.2) is 12.0 Å². The second-order valence-electron chi connectivity index (χ2n) is 9.25. The van der Waals surface area contributed by atoms with E-state index in [0.717, 1.165) is 11.5 Å². The Morgan fingerprint density at radius 3 is 1.97 bits per heavy atom. The van der Waals surface area contributed by atoms with Crippen LogP contribution in [-0.2, 0) is 10.2 Å². The number of rotatable bonds is 4. The fourth-order valence-corrected chi connectivity index (χ4v) is 7.68. The van der Waals surface area contributed by atoms with E-state index in [1.165, 1.54) is 27.0 Å². The third-order valence-electron chi connectivity index (χ3n) is 6.87. The number of ether oxygens (including phenoxy) is 1. The number of aliphatic imine (C=N–C) groups is 1. The topological polar surface area (TPSA) is 21.6 Å². The molecule has 1 aliphatic heterocycles. The lowest BCUT2D eigenvalue weighted by Crippen LogP contribution is -2.33. The molecule has 0 N–H and O–H groups in total. The first-order chi connectivity index (χ1) is 16.1. The highest BCUT2D eigenvalue weighted by Crippen LogP contribution is 2.51. The molecule has 0 spiro atoms. The summed E-state index contributed by atoms with van der Waals surface area (Å²) in [6.07, 6.45) is 0.0256. The van der Waals surface area contributed by atoms with Gasteiger partial charge in [0.15, 0.2) is 0 Å². The molecule has 2 atom stereocenters. The number of fused-ring (bicyclic) bond motifs is 3. The van der Waals surface area contributed by atoms with Crippen molar-refractivity contribution < 1.29 is 4.74 Å². The van der Waals surface area contributed by atoms with Gasteiger partial charge in [0.05, 0.1) is 0 Å². The van der Waals surface area contributed by atoms with Crippen molar-refractivity contribution >= 4 is 29.7 Å². The van der Waals surface area contributed by atoms with Gasteiger partial charge in [-0.15, -0.1) is 0 Å². The first-order valence-electron chi connectivity index (χ1n) is 11.5. The van der Waals surface area contributed by atoms with E-state index in [9.17, 15) is 0 Å². The second-order valence-corrected chi connectivity index (χ2v) is 11.4. The molecule has 162 valence electrons. The highest BCUT2D eigenvalue weighted by Gasteiger charge is 2.51. The zero-order chi connectivity index (χ0) is 22.4. The third kappa shape index (κ3) is 3.33. The van der Waals surface area contributed by atoms with E-state index in [0.29, 0.717) is 0 Å². The molecular formula is C30H26NOP. The summed E-state index contributed by atoms with van der Waals surface area (Å²) in [5, 5.41) is 3.95. The monoisotopic (exact) mass is 447 g/mol. The van der Waals surface area contributed by atoms with Gasteiger partial charge in [-0.3, -0.25) is 0 Å². The first-order valence-corrected chi connectivity index (χ1v) is 12.8. The molecule has 0 bridgehead atoms. The molecule has 0 saturated heterocycles. The molecule has 2 aliphatic rings. The predicted molar refractivity (Wildman–Crippen MR) is 139 cm³/mol. The molecule has 3 heteroatoms. The standard InChI is InChI=1S/C30H26NOP/c1-30(2)25-19-11-9-17-23(25)27-28(30)32-29(31-27)24-18-10-12-20-26(24)33(21-13-5-3-6-14-21)22-15-7-4-8-16-22/h3-20,27-28H,1-2H3/t27-,28-/m0/s1. The van der Waals surface area contributed by atoms with E-state index in [2.05, 4.69) is 123 Å². The maximum atomic E-state index is 6.69. The van der Waals surface area contributed by atoms with E-state index in [-0.39, 0.29) is 17.6 Å². The molecule has 6 rings (SSSR count). The van der Waals surface area contributed by atoms with Gasteiger partial charge in [0.1, 0.15) is 12.1 Å². The van der Waals surface area contributed by atoms with E-state index in [1.807, 2.05) is 0 Å². The lowest BCUT2D eigenvalue weighted by molar-refractivity contribution is 0.132. The van der Waals surface area contributed by atoms with Crippen molar-refractivity contribution in [3.05, 3.63) is 126 Å².